The Morgan fingerprint density at radius 1 is 1.10 bits per heavy atom. The molecule has 1 aromatic heterocycles. The lowest BCUT2D eigenvalue weighted by molar-refractivity contribution is 0.414. The number of fused-ring (bicyclic) bond motifs is 1. The molecule has 0 bridgehead atoms. The van der Waals surface area contributed by atoms with Crippen molar-refractivity contribution in [1.82, 2.24) is 4.98 Å². The molecule has 1 heterocycles. The molecule has 0 aliphatic carbocycles. The number of hydrogen-bond donors (Lipinski definition) is 0. The highest BCUT2D eigenvalue weighted by Gasteiger charge is 2.10. The van der Waals surface area contributed by atoms with E-state index in [0.717, 1.165) is 22.0 Å². The van der Waals surface area contributed by atoms with E-state index in [0.29, 0.717) is 11.3 Å². The van der Waals surface area contributed by atoms with Crippen molar-refractivity contribution in [2.24, 2.45) is 0 Å². The second kappa shape index (κ2) is 5.02. The second-order valence-corrected chi connectivity index (χ2v) is 4.40. The summed E-state index contributed by atoms with van der Waals surface area (Å²) in [6, 6.07) is 17.7. The summed E-state index contributed by atoms with van der Waals surface area (Å²) in [5.41, 5.74) is 2.21. The first-order valence-electron chi connectivity index (χ1n) is 6.26. The van der Waals surface area contributed by atoms with Gasteiger partial charge in [-0.05, 0) is 29.7 Å². The fraction of sp³-hybridized carbons (Fsp3) is 0.0588. The van der Waals surface area contributed by atoms with Crippen LogP contribution in [0.2, 0.25) is 0 Å². The molecule has 0 aliphatic rings. The van der Waals surface area contributed by atoms with Crippen LogP contribution >= 0.6 is 0 Å². The van der Waals surface area contributed by atoms with Gasteiger partial charge in [0.15, 0.2) is 0 Å². The lowest BCUT2D eigenvalue weighted by Crippen LogP contribution is -1.91. The van der Waals surface area contributed by atoms with Crippen molar-refractivity contribution >= 4 is 10.8 Å². The molecule has 0 N–H and O–H groups in total. The average Bonchev–Trinajstić information content (AvgIpc) is 2.53. The summed E-state index contributed by atoms with van der Waals surface area (Å²) >= 11 is 0. The van der Waals surface area contributed by atoms with E-state index in [1.165, 1.54) is 0 Å². The summed E-state index contributed by atoms with van der Waals surface area (Å²) in [5.74, 6) is 0.672. The van der Waals surface area contributed by atoms with Crippen molar-refractivity contribution in [3.63, 3.8) is 0 Å². The van der Waals surface area contributed by atoms with E-state index in [1.807, 2.05) is 42.5 Å². The third-order valence-corrected chi connectivity index (χ3v) is 3.28. The Labute approximate surface area is 117 Å². The lowest BCUT2D eigenvalue weighted by Gasteiger charge is -2.08. The molecule has 0 spiro atoms. The number of nitriles is 1. The number of nitrogens with zero attached hydrogens (tertiary/aromatic N) is 2. The third-order valence-electron chi connectivity index (χ3n) is 3.28. The maximum absolute atomic E-state index is 9.34. The van der Waals surface area contributed by atoms with E-state index in [-0.39, 0.29) is 0 Å². The van der Waals surface area contributed by atoms with E-state index < -0.39 is 0 Å². The van der Waals surface area contributed by atoms with E-state index in [2.05, 4.69) is 11.1 Å². The number of rotatable bonds is 2. The van der Waals surface area contributed by atoms with Gasteiger partial charge in [0.1, 0.15) is 5.75 Å². The first kappa shape index (κ1) is 12.2. The average molecular weight is 260 g/mol. The molecule has 96 valence electrons. The molecular weight excluding hydrogens is 248 g/mol. The smallest absolute Gasteiger partial charge is 0.120 e. The molecule has 0 saturated carbocycles. The second-order valence-electron chi connectivity index (χ2n) is 4.40. The topological polar surface area (TPSA) is 45.9 Å². The van der Waals surface area contributed by atoms with Crippen LogP contribution < -0.4 is 4.74 Å². The van der Waals surface area contributed by atoms with Crippen LogP contribution in [0.15, 0.2) is 54.7 Å². The summed E-state index contributed by atoms with van der Waals surface area (Å²) in [6.45, 7) is 0. The van der Waals surface area contributed by atoms with Gasteiger partial charge in [-0.25, -0.2) is 0 Å². The van der Waals surface area contributed by atoms with Crippen molar-refractivity contribution < 1.29 is 4.74 Å². The highest BCUT2D eigenvalue weighted by atomic mass is 16.5. The number of aromatic nitrogens is 1. The summed E-state index contributed by atoms with van der Waals surface area (Å²) in [6.07, 6.45) is 1.77. The Bertz CT molecular complexity index is 813. The molecule has 20 heavy (non-hydrogen) atoms. The molecule has 3 rings (SSSR count). The largest absolute Gasteiger partial charge is 0.497 e. The summed E-state index contributed by atoms with van der Waals surface area (Å²) < 4.78 is 5.16. The number of pyridine rings is 1. The molecule has 3 nitrogen and oxygen atoms in total. The Morgan fingerprint density at radius 3 is 2.75 bits per heavy atom. The maximum Gasteiger partial charge on any atom is 0.120 e. The molecule has 0 radical (unpaired) electrons. The number of ether oxygens (including phenoxy) is 1. The zero-order valence-electron chi connectivity index (χ0n) is 11.0. The van der Waals surface area contributed by atoms with Gasteiger partial charge in [-0.2, -0.15) is 5.26 Å². The van der Waals surface area contributed by atoms with Gasteiger partial charge in [-0.15, -0.1) is 0 Å². The minimum Gasteiger partial charge on any atom is -0.497 e. The first-order valence-corrected chi connectivity index (χ1v) is 6.26. The maximum atomic E-state index is 9.34. The summed E-state index contributed by atoms with van der Waals surface area (Å²) in [7, 11) is 1.59. The van der Waals surface area contributed by atoms with E-state index in [1.54, 1.807) is 19.4 Å². The fourth-order valence-corrected chi connectivity index (χ4v) is 2.28. The summed E-state index contributed by atoms with van der Waals surface area (Å²) in [4.78, 5) is 4.45. The van der Waals surface area contributed by atoms with Gasteiger partial charge >= 0.3 is 0 Å². The highest BCUT2D eigenvalue weighted by molar-refractivity contribution is 5.95. The normalized spacial score (nSPS) is 10.2. The first-order chi connectivity index (χ1) is 9.83. The molecule has 0 aliphatic heterocycles. The van der Waals surface area contributed by atoms with Gasteiger partial charge in [0.25, 0.3) is 0 Å². The van der Waals surface area contributed by atoms with Crippen LogP contribution in [0.4, 0.5) is 0 Å². The van der Waals surface area contributed by atoms with Crippen molar-refractivity contribution in [3.05, 3.63) is 60.3 Å². The van der Waals surface area contributed by atoms with Gasteiger partial charge in [-0.3, -0.25) is 4.98 Å². The van der Waals surface area contributed by atoms with Crippen LogP contribution in [0.1, 0.15) is 5.56 Å². The van der Waals surface area contributed by atoms with Crippen LogP contribution in [0, 0.1) is 11.3 Å². The Hall–Kier alpha value is -2.86. The monoisotopic (exact) mass is 260 g/mol. The fourth-order valence-electron chi connectivity index (χ4n) is 2.28. The van der Waals surface area contributed by atoms with Gasteiger partial charge in [0.2, 0.25) is 0 Å². The predicted molar refractivity (Wildman–Crippen MR) is 78.4 cm³/mol. The van der Waals surface area contributed by atoms with Crippen molar-refractivity contribution in [2.75, 3.05) is 7.11 Å². The van der Waals surface area contributed by atoms with E-state index >= 15 is 0 Å². The Morgan fingerprint density at radius 2 is 1.95 bits per heavy atom. The van der Waals surface area contributed by atoms with Crippen molar-refractivity contribution in [3.8, 4) is 23.1 Å². The molecule has 0 amide bonds. The predicted octanol–water partition coefficient (Wildman–Crippen LogP) is 3.78. The SMILES string of the molecule is COc1ccc(-c2nccc3ccccc23)c(C#N)c1. The van der Waals surface area contributed by atoms with Crippen LogP contribution in [0.5, 0.6) is 5.75 Å². The van der Waals surface area contributed by atoms with Crippen molar-refractivity contribution in [2.45, 2.75) is 0 Å². The minimum atomic E-state index is 0.563. The van der Waals surface area contributed by atoms with Crippen LogP contribution in [0.3, 0.4) is 0 Å². The molecule has 0 unspecified atom stereocenters. The molecule has 0 atom stereocenters. The number of methoxy groups -OCH3 is 1. The Kier molecular flexibility index (Phi) is 3.06. The standard InChI is InChI=1S/C17H12N2O/c1-20-14-6-7-16(13(10-14)11-18)17-15-5-3-2-4-12(15)8-9-19-17/h2-10H,1H3. The molecular formula is C17H12N2O. The lowest BCUT2D eigenvalue weighted by atomic mass is 10.00. The van der Waals surface area contributed by atoms with Crippen LogP contribution in [0.25, 0.3) is 22.0 Å². The van der Waals surface area contributed by atoms with E-state index in [4.69, 9.17) is 4.74 Å². The van der Waals surface area contributed by atoms with Gasteiger partial charge in [0, 0.05) is 17.1 Å². The molecule has 2 aromatic carbocycles. The number of hydrogen-bond acceptors (Lipinski definition) is 3. The van der Waals surface area contributed by atoms with Gasteiger partial charge < -0.3 is 4.74 Å². The quantitative estimate of drug-likeness (QED) is 0.704. The van der Waals surface area contributed by atoms with Crippen LogP contribution in [-0.4, -0.2) is 12.1 Å². The van der Waals surface area contributed by atoms with Gasteiger partial charge in [0.05, 0.1) is 24.4 Å². The zero-order chi connectivity index (χ0) is 13.9. The zero-order valence-corrected chi connectivity index (χ0v) is 11.0. The van der Waals surface area contributed by atoms with Crippen molar-refractivity contribution in [1.29, 1.82) is 5.26 Å². The van der Waals surface area contributed by atoms with Crippen LogP contribution in [-0.2, 0) is 0 Å². The molecule has 3 heteroatoms. The Balaban J connectivity index is 2.29. The number of benzene rings is 2. The highest BCUT2D eigenvalue weighted by Crippen LogP contribution is 2.30. The molecule has 0 fully saturated rings. The molecule has 3 aromatic rings. The molecule has 0 saturated heterocycles. The van der Waals surface area contributed by atoms with Gasteiger partial charge in [-0.1, -0.05) is 24.3 Å². The minimum absolute atomic E-state index is 0.563. The third kappa shape index (κ3) is 1.98. The summed E-state index contributed by atoms with van der Waals surface area (Å²) in [5, 5.41) is 11.5. The van der Waals surface area contributed by atoms with E-state index in [9.17, 15) is 5.26 Å².